The van der Waals surface area contributed by atoms with Crippen LogP contribution in [0.25, 0.3) is 0 Å². The number of nitrogens with one attached hydrogen (secondary N) is 1. The summed E-state index contributed by atoms with van der Waals surface area (Å²) >= 11 is 0. The van der Waals surface area contributed by atoms with Crippen LogP contribution in [0.3, 0.4) is 0 Å². The van der Waals surface area contributed by atoms with Crippen molar-refractivity contribution in [2.24, 2.45) is 0 Å². The molecule has 0 fully saturated rings. The minimum atomic E-state index is -0.596. The van der Waals surface area contributed by atoms with Gasteiger partial charge < -0.3 is 25.0 Å². The number of aliphatic hydroxyl groups is 1. The molecular formula is C18H24ClNO4. The Morgan fingerprint density at radius 1 is 1.00 bits per heavy atom. The molecule has 0 aliphatic rings. The van der Waals surface area contributed by atoms with Crippen molar-refractivity contribution in [3.8, 4) is 17.2 Å². The van der Waals surface area contributed by atoms with Crippen LogP contribution in [0.5, 0.6) is 17.2 Å². The molecule has 132 valence electrons. The van der Waals surface area contributed by atoms with Gasteiger partial charge in [-0.3, -0.25) is 0 Å². The molecule has 0 bridgehead atoms. The van der Waals surface area contributed by atoms with Crippen LogP contribution in [-0.2, 0) is 6.42 Å². The van der Waals surface area contributed by atoms with E-state index in [1.165, 1.54) is 0 Å². The molecular weight excluding hydrogens is 330 g/mol. The van der Waals surface area contributed by atoms with Crippen molar-refractivity contribution in [3.63, 3.8) is 0 Å². The average molecular weight is 354 g/mol. The molecule has 6 heteroatoms. The lowest BCUT2D eigenvalue weighted by Crippen LogP contribution is -2.23. The van der Waals surface area contributed by atoms with Gasteiger partial charge in [0.2, 0.25) is 0 Å². The van der Waals surface area contributed by atoms with Crippen LogP contribution in [-0.4, -0.2) is 37.5 Å². The van der Waals surface area contributed by atoms with Crippen molar-refractivity contribution in [1.29, 1.82) is 0 Å². The Kier molecular flexibility index (Phi) is 8.40. The third-order valence-corrected chi connectivity index (χ3v) is 3.65. The number of phenolic OH excluding ortho intramolecular Hbond substituents is 1. The molecule has 5 nitrogen and oxygen atoms in total. The van der Waals surface area contributed by atoms with Crippen LogP contribution in [0.1, 0.15) is 17.2 Å². The smallest absolute Gasteiger partial charge is 0.160 e. The molecule has 0 saturated carbocycles. The first-order valence-corrected chi connectivity index (χ1v) is 7.52. The van der Waals surface area contributed by atoms with Gasteiger partial charge in [0.15, 0.2) is 11.5 Å². The standard InChI is InChI=1S/C18H23NO4.ClH/c1-22-17-8-3-13(11-18(17)23-2)9-10-19-12-16(21)14-4-6-15(20)7-5-14;/h3-8,11,16,19-21H,9-10,12H2,1-2H3;1H/t16-;/m1./s1. The molecule has 0 unspecified atom stereocenters. The Hall–Kier alpha value is -1.95. The molecule has 1 atom stereocenters. The summed E-state index contributed by atoms with van der Waals surface area (Å²) in [5, 5.41) is 22.5. The van der Waals surface area contributed by atoms with E-state index in [1.807, 2.05) is 18.2 Å². The van der Waals surface area contributed by atoms with Crippen molar-refractivity contribution < 1.29 is 19.7 Å². The van der Waals surface area contributed by atoms with Gasteiger partial charge in [0.1, 0.15) is 5.75 Å². The summed E-state index contributed by atoms with van der Waals surface area (Å²) in [5.41, 5.74) is 1.91. The second-order valence-corrected chi connectivity index (χ2v) is 5.25. The first-order chi connectivity index (χ1) is 11.1. The van der Waals surface area contributed by atoms with Crippen molar-refractivity contribution >= 4 is 12.4 Å². The van der Waals surface area contributed by atoms with Gasteiger partial charge in [0.05, 0.1) is 20.3 Å². The highest BCUT2D eigenvalue weighted by Gasteiger charge is 2.07. The van der Waals surface area contributed by atoms with Gasteiger partial charge in [-0.25, -0.2) is 0 Å². The van der Waals surface area contributed by atoms with Crippen LogP contribution in [0.2, 0.25) is 0 Å². The Balaban J connectivity index is 0.00000288. The Morgan fingerprint density at radius 2 is 1.67 bits per heavy atom. The lowest BCUT2D eigenvalue weighted by molar-refractivity contribution is 0.175. The maximum Gasteiger partial charge on any atom is 0.160 e. The second kappa shape index (κ2) is 10.0. The zero-order valence-corrected chi connectivity index (χ0v) is 14.7. The van der Waals surface area contributed by atoms with Gasteiger partial charge in [0, 0.05) is 6.54 Å². The fourth-order valence-corrected chi connectivity index (χ4v) is 2.32. The predicted molar refractivity (Wildman–Crippen MR) is 96.4 cm³/mol. The van der Waals surface area contributed by atoms with Crippen molar-refractivity contribution in [3.05, 3.63) is 53.6 Å². The maximum atomic E-state index is 10.1. The average Bonchev–Trinajstić information content (AvgIpc) is 2.58. The number of benzene rings is 2. The maximum absolute atomic E-state index is 10.1. The van der Waals surface area contributed by atoms with E-state index in [4.69, 9.17) is 9.47 Å². The van der Waals surface area contributed by atoms with E-state index < -0.39 is 6.10 Å². The lowest BCUT2D eigenvalue weighted by atomic mass is 10.1. The van der Waals surface area contributed by atoms with Gasteiger partial charge >= 0.3 is 0 Å². The van der Waals surface area contributed by atoms with Crippen molar-refractivity contribution in [2.45, 2.75) is 12.5 Å². The van der Waals surface area contributed by atoms with Gasteiger partial charge in [-0.05, 0) is 48.4 Å². The largest absolute Gasteiger partial charge is 0.508 e. The fraction of sp³-hybridized carbons (Fsp3) is 0.333. The number of phenols is 1. The molecule has 3 N–H and O–H groups in total. The molecule has 0 radical (unpaired) electrons. The summed E-state index contributed by atoms with van der Waals surface area (Å²) < 4.78 is 10.5. The Labute approximate surface area is 148 Å². The normalized spacial score (nSPS) is 11.5. The molecule has 2 aromatic rings. The highest BCUT2D eigenvalue weighted by molar-refractivity contribution is 5.85. The molecule has 0 aliphatic carbocycles. The quantitative estimate of drug-likeness (QED) is 0.636. The van der Waals surface area contributed by atoms with Gasteiger partial charge in [-0.15, -0.1) is 12.4 Å². The van der Waals surface area contributed by atoms with Crippen molar-refractivity contribution in [1.82, 2.24) is 5.32 Å². The van der Waals surface area contributed by atoms with Crippen LogP contribution in [0.4, 0.5) is 0 Å². The molecule has 0 heterocycles. The van der Waals surface area contributed by atoms with E-state index >= 15 is 0 Å². The van der Waals surface area contributed by atoms with E-state index in [9.17, 15) is 10.2 Å². The van der Waals surface area contributed by atoms with E-state index in [2.05, 4.69) is 5.32 Å². The molecule has 2 rings (SSSR count). The number of hydrogen-bond donors (Lipinski definition) is 3. The van der Waals surface area contributed by atoms with E-state index in [0.717, 1.165) is 24.1 Å². The first-order valence-electron chi connectivity index (χ1n) is 7.52. The SMILES string of the molecule is COc1ccc(CCNC[C@@H](O)c2ccc(O)cc2)cc1OC.Cl. The molecule has 2 aromatic carbocycles. The third-order valence-electron chi connectivity index (χ3n) is 3.65. The van der Waals surface area contributed by atoms with Gasteiger partial charge in [0.25, 0.3) is 0 Å². The van der Waals surface area contributed by atoms with Gasteiger partial charge in [-0.1, -0.05) is 18.2 Å². The lowest BCUT2D eigenvalue weighted by Gasteiger charge is -2.13. The van der Waals surface area contributed by atoms with Crippen LogP contribution in [0.15, 0.2) is 42.5 Å². The monoisotopic (exact) mass is 353 g/mol. The number of methoxy groups -OCH3 is 2. The first kappa shape index (κ1) is 20.1. The topological polar surface area (TPSA) is 71.0 Å². The van der Waals surface area contributed by atoms with E-state index in [0.29, 0.717) is 18.0 Å². The highest BCUT2D eigenvalue weighted by Crippen LogP contribution is 2.27. The highest BCUT2D eigenvalue weighted by atomic mass is 35.5. The molecule has 0 spiro atoms. The summed E-state index contributed by atoms with van der Waals surface area (Å²) in [6.45, 7) is 1.20. The zero-order chi connectivity index (χ0) is 16.7. The number of aliphatic hydroxyl groups excluding tert-OH is 1. The van der Waals surface area contributed by atoms with Gasteiger partial charge in [-0.2, -0.15) is 0 Å². The summed E-state index contributed by atoms with van der Waals surface area (Å²) in [4.78, 5) is 0. The minimum Gasteiger partial charge on any atom is -0.508 e. The summed E-state index contributed by atoms with van der Waals surface area (Å²) in [7, 11) is 3.23. The minimum absolute atomic E-state index is 0. The molecule has 0 aliphatic heterocycles. The van der Waals surface area contributed by atoms with E-state index in [1.54, 1.807) is 38.5 Å². The van der Waals surface area contributed by atoms with Crippen LogP contribution in [0, 0.1) is 0 Å². The Bertz CT molecular complexity index is 619. The molecule has 24 heavy (non-hydrogen) atoms. The number of halogens is 1. The third kappa shape index (κ3) is 5.60. The zero-order valence-electron chi connectivity index (χ0n) is 13.9. The molecule has 0 aromatic heterocycles. The Morgan fingerprint density at radius 3 is 2.29 bits per heavy atom. The van der Waals surface area contributed by atoms with Crippen LogP contribution < -0.4 is 14.8 Å². The number of aromatic hydroxyl groups is 1. The predicted octanol–water partition coefficient (Wildman–Crippen LogP) is 2.70. The number of ether oxygens (including phenoxy) is 2. The molecule has 0 amide bonds. The molecule has 0 saturated heterocycles. The van der Waals surface area contributed by atoms with E-state index in [-0.39, 0.29) is 18.2 Å². The van der Waals surface area contributed by atoms with Crippen molar-refractivity contribution in [2.75, 3.05) is 27.3 Å². The summed E-state index contributed by atoms with van der Waals surface area (Å²) in [6, 6.07) is 12.4. The van der Waals surface area contributed by atoms with Crippen LogP contribution >= 0.6 is 12.4 Å². The second-order valence-electron chi connectivity index (χ2n) is 5.25. The number of hydrogen-bond acceptors (Lipinski definition) is 5. The summed E-state index contributed by atoms with van der Waals surface area (Å²) in [5.74, 6) is 1.63. The fourth-order valence-electron chi connectivity index (χ4n) is 2.32. The number of rotatable bonds is 8. The summed E-state index contributed by atoms with van der Waals surface area (Å²) in [6.07, 6.45) is 0.226.